The SMILES string of the molecule is C[C@H](NC1=CNCC(Cl)=N1)c1ccccc1. The predicted octanol–water partition coefficient (Wildman–Crippen LogP) is 2.38. The van der Waals surface area contributed by atoms with Gasteiger partial charge in [-0.15, -0.1) is 0 Å². The van der Waals surface area contributed by atoms with Crippen molar-refractivity contribution in [1.82, 2.24) is 10.6 Å². The number of nitrogens with zero attached hydrogens (tertiary/aromatic N) is 1. The minimum absolute atomic E-state index is 0.209. The average molecular weight is 236 g/mol. The molecule has 1 aliphatic rings. The second kappa shape index (κ2) is 5.03. The van der Waals surface area contributed by atoms with Crippen LogP contribution in [-0.4, -0.2) is 11.7 Å². The molecular formula is C12H14ClN3. The Morgan fingerprint density at radius 2 is 2.12 bits per heavy atom. The maximum absolute atomic E-state index is 5.85. The van der Waals surface area contributed by atoms with E-state index in [9.17, 15) is 0 Å². The number of nitrogens with one attached hydrogen (secondary N) is 2. The van der Waals surface area contributed by atoms with Crippen LogP contribution in [-0.2, 0) is 0 Å². The average Bonchev–Trinajstić information content (AvgIpc) is 2.30. The summed E-state index contributed by atoms with van der Waals surface area (Å²) in [6.07, 6.45) is 1.84. The maximum atomic E-state index is 5.85. The first-order valence-electron chi connectivity index (χ1n) is 5.24. The standard InChI is InChI=1S/C12H14ClN3/c1-9(10-5-3-2-4-6-10)15-12-8-14-7-11(13)16-12/h2-6,8-9,14-15H,7H2,1H3/t9-/m0/s1. The van der Waals surface area contributed by atoms with Crippen LogP contribution in [0, 0.1) is 0 Å². The molecule has 0 aromatic heterocycles. The van der Waals surface area contributed by atoms with Crippen molar-refractivity contribution in [1.29, 1.82) is 0 Å². The van der Waals surface area contributed by atoms with E-state index in [2.05, 4.69) is 34.7 Å². The van der Waals surface area contributed by atoms with E-state index in [4.69, 9.17) is 11.6 Å². The normalized spacial score (nSPS) is 16.9. The summed E-state index contributed by atoms with van der Waals surface area (Å²) in [5.41, 5.74) is 1.22. The van der Waals surface area contributed by atoms with Gasteiger partial charge in [-0.25, -0.2) is 4.99 Å². The summed E-state index contributed by atoms with van der Waals surface area (Å²) < 4.78 is 0. The quantitative estimate of drug-likeness (QED) is 0.844. The molecule has 0 bridgehead atoms. The third-order valence-electron chi connectivity index (χ3n) is 2.39. The van der Waals surface area contributed by atoms with Crippen LogP contribution in [0.5, 0.6) is 0 Å². The summed E-state index contributed by atoms with van der Waals surface area (Å²) in [5.74, 6) is 0.771. The van der Waals surface area contributed by atoms with Crippen molar-refractivity contribution in [2.24, 2.45) is 4.99 Å². The first kappa shape index (κ1) is 11.0. The smallest absolute Gasteiger partial charge is 0.143 e. The minimum Gasteiger partial charge on any atom is -0.381 e. The zero-order chi connectivity index (χ0) is 11.4. The van der Waals surface area contributed by atoms with Gasteiger partial charge >= 0.3 is 0 Å². The Kier molecular flexibility index (Phi) is 3.47. The van der Waals surface area contributed by atoms with E-state index in [-0.39, 0.29) is 6.04 Å². The number of hydrogen-bond acceptors (Lipinski definition) is 3. The molecule has 1 aromatic carbocycles. The number of benzene rings is 1. The molecule has 0 amide bonds. The van der Waals surface area contributed by atoms with Crippen LogP contribution in [0.1, 0.15) is 18.5 Å². The molecule has 0 fully saturated rings. The molecule has 0 radical (unpaired) electrons. The molecule has 16 heavy (non-hydrogen) atoms. The molecule has 0 aliphatic carbocycles. The highest BCUT2D eigenvalue weighted by atomic mass is 35.5. The van der Waals surface area contributed by atoms with Crippen molar-refractivity contribution in [3.05, 3.63) is 47.9 Å². The van der Waals surface area contributed by atoms with E-state index >= 15 is 0 Å². The van der Waals surface area contributed by atoms with E-state index < -0.39 is 0 Å². The Labute approximate surface area is 100 Å². The van der Waals surface area contributed by atoms with E-state index in [1.807, 2.05) is 24.4 Å². The predicted molar refractivity (Wildman–Crippen MR) is 67.4 cm³/mol. The molecule has 2 N–H and O–H groups in total. The molecule has 0 saturated heterocycles. The highest BCUT2D eigenvalue weighted by Gasteiger charge is 2.08. The van der Waals surface area contributed by atoms with Gasteiger partial charge in [-0.3, -0.25) is 0 Å². The minimum atomic E-state index is 0.209. The fourth-order valence-corrected chi connectivity index (χ4v) is 1.72. The number of rotatable bonds is 3. The number of hydrogen-bond donors (Lipinski definition) is 2. The lowest BCUT2D eigenvalue weighted by atomic mass is 10.1. The molecule has 84 valence electrons. The second-order valence-electron chi connectivity index (χ2n) is 3.68. The van der Waals surface area contributed by atoms with Gasteiger partial charge in [0.1, 0.15) is 11.0 Å². The monoisotopic (exact) mass is 235 g/mol. The highest BCUT2D eigenvalue weighted by molar-refractivity contribution is 6.66. The summed E-state index contributed by atoms with van der Waals surface area (Å²) in [5, 5.41) is 6.92. The molecule has 0 spiro atoms. The molecular weight excluding hydrogens is 222 g/mol. The van der Waals surface area contributed by atoms with Crippen LogP contribution in [0.4, 0.5) is 0 Å². The van der Waals surface area contributed by atoms with Gasteiger partial charge in [-0.1, -0.05) is 41.9 Å². The lowest BCUT2D eigenvalue weighted by Gasteiger charge is -2.18. The first-order valence-corrected chi connectivity index (χ1v) is 5.61. The van der Waals surface area contributed by atoms with Gasteiger partial charge < -0.3 is 10.6 Å². The Hall–Kier alpha value is -1.48. The Bertz CT molecular complexity index is 412. The van der Waals surface area contributed by atoms with E-state index in [0.29, 0.717) is 11.7 Å². The first-order chi connectivity index (χ1) is 7.75. The molecule has 0 saturated carbocycles. The number of halogens is 1. The third kappa shape index (κ3) is 2.76. The summed E-state index contributed by atoms with van der Waals surface area (Å²) >= 11 is 5.85. The summed E-state index contributed by atoms with van der Waals surface area (Å²) in [6, 6.07) is 10.4. The summed E-state index contributed by atoms with van der Waals surface area (Å²) in [6.45, 7) is 2.70. The zero-order valence-corrected chi connectivity index (χ0v) is 9.83. The molecule has 1 aromatic rings. The summed E-state index contributed by atoms with van der Waals surface area (Å²) in [7, 11) is 0. The van der Waals surface area contributed by atoms with Gasteiger partial charge in [0, 0.05) is 12.2 Å². The van der Waals surface area contributed by atoms with E-state index in [0.717, 1.165) is 5.82 Å². The van der Waals surface area contributed by atoms with Crippen molar-refractivity contribution < 1.29 is 0 Å². The lowest BCUT2D eigenvalue weighted by molar-refractivity contribution is 0.639. The molecule has 1 atom stereocenters. The van der Waals surface area contributed by atoms with Crippen LogP contribution >= 0.6 is 11.6 Å². The second-order valence-corrected chi connectivity index (χ2v) is 4.11. The molecule has 1 aliphatic heterocycles. The van der Waals surface area contributed by atoms with Gasteiger partial charge in [-0.2, -0.15) is 0 Å². The molecule has 0 unspecified atom stereocenters. The van der Waals surface area contributed by atoms with Crippen molar-refractivity contribution in [2.45, 2.75) is 13.0 Å². The Balaban J connectivity index is 2.03. The van der Waals surface area contributed by atoms with Crippen molar-refractivity contribution in [3.8, 4) is 0 Å². The molecule has 2 rings (SSSR count). The Morgan fingerprint density at radius 1 is 1.38 bits per heavy atom. The molecule has 4 heteroatoms. The lowest BCUT2D eigenvalue weighted by Crippen LogP contribution is -2.26. The summed E-state index contributed by atoms with van der Waals surface area (Å²) in [4.78, 5) is 4.22. The van der Waals surface area contributed by atoms with Crippen LogP contribution in [0.25, 0.3) is 0 Å². The third-order valence-corrected chi connectivity index (χ3v) is 2.61. The van der Waals surface area contributed by atoms with Gasteiger partial charge in [0.25, 0.3) is 0 Å². The molecule has 1 heterocycles. The van der Waals surface area contributed by atoms with Gasteiger partial charge in [-0.05, 0) is 12.5 Å². The maximum Gasteiger partial charge on any atom is 0.143 e. The highest BCUT2D eigenvalue weighted by Crippen LogP contribution is 2.14. The van der Waals surface area contributed by atoms with Crippen molar-refractivity contribution >= 4 is 16.8 Å². The Morgan fingerprint density at radius 3 is 2.81 bits per heavy atom. The van der Waals surface area contributed by atoms with Crippen molar-refractivity contribution in [2.75, 3.05) is 6.54 Å². The largest absolute Gasteiger partial charge is 0.381 e. The molecule has 3 nitrogen and oxygen atoms in total. The fourth-order valence-electron chi connectivity index (χ4n) is 1.56. The number of aliphatic imine (C=N–C) groups is 1. The topological polar surface area (TPSA) is 36.4 Å². The van der Waals surface area contributed by atoms with E-state index in [1.165, 1.54) is 5.56 Å². The van der Waals surface area contributed by atoms with Gasteiger partial charge in [0.05, 0.1) is 6.54 Å². The van der Waals surface area contributed by atoms with Crippen LogP contribution in [0.15, 0.2) is 47.3 Å². The fraction of sp³-hybridized carbons (Fsp3) is 0.250. The van der Waals surface area contributed by atoms with Gasteiger partial charge in [0.2, 0.25) is 0 Å². The van der Waals surface area contributed by atoms with Crippen molar-refractivity contribution in [3.63, 3.8) is 0 Å². The van der Waals surface area contributed by atoms with Crippen LogP contribution in [0.2, 0.25) is 0 Å². The van der Waals surface area contributed by atoms with E-state index in [1.54, 1.807) is 0 Å². The van der Waals surface area contributed by atoms with Gasteiger partial charge in [0.15, 0.2) is 0 Å². The van der Waals surface area contributed by atoms with Crippen LogP contribution < -0.4 is 10.6 Å². The zero-order valence-electron chi connectivity index (χ0n) is 9.07. The van der Waals surface area contributed by atoms with Crippen LogP contribution in [0.3, 0.4) is 0 Å².